The highest BCUT2D eigenvalue weighted by molar-refractivity contribution is 6.99. The Kier molecular flexibility index (Phi) is 7.53. The van der Waals surface area contributed by atoms with Gasteiger partial charge in [0.2, 0.25) is 0 Å². The lowest BCUT2D eigenvalue weighted by Crippen LogP contribution is -2.66. The van der Waals surface area contributed by atoms with Gasteiger partial charge in [-0.2, -0.15) is 0 Å². The van der Waals surface area contributed by atoms with E-state index >= 15 is 0 Å². The molecule has 0 bridgehead atoms. The molecule has 2 heteroatoms. The van der Waals surface area contributed by atoms with Crippen molar-refractivity contribution in [2.75, 3.05) is 6.61 Å². The Hall–Kier alpha value is -3.48. The van der Waals surface area contributed by atoms with E-state index in [4.69, 9.17) is 4.43 Å². The Morgan fingerprint density at radius 1 is 0.645 bits per heavy atom. The standard InChI is InChI=1S/C29H26OSi/c1-29(2,3)31(27-21-13-8-14-22-27,28-23-15-9-16-24-28)30-25-17-6-4-5-10-18-26-19-11-7-12-20-26/h7-9,11-16,19-24H,25H2,1-3H3. The third-order valence-electron chi connectivity index (χ3n) is 5.03. The highest BCUT2D eigenvalue weighted by Crippen LogP contribution is 2.36. The molecule has 152 valence electrons. The van der Waals surface area contributed by atoms with Crippen molar-refractivity contribution in [1.29, 1.82) is 0 Å². The Morgan fingerprint density at radius 2 is 1.13 bits per heavy atom. The quantitative estimate of drug-likeness (QED) is 0.444. The van der Waals surface area contributed by atoms with Gasteiger partial charge in [-0.05, 0) is 51.2 Å². The molecule has 0 aliphatic heterocycles. The van der Waals surface area contributed by atoms with E-state index in [2.05, 4.69) is 105 Å². The van der Waals surface area contributed by atoms with Gasteiger partial charge in [0.05, 0.1) is 6.61 Å². The molecule has 3 aromatic carbocycles. The van der Waals surface area contributed by atoms with Crippen molar-refractivity contribution < 1.29 is 4.43 Å². The Morgan fingerprint density at radius 3 is 1.65 bits per heavy atom. The van der Waals surface area contributed by atoms with E-state index < -0.39 is 8.32 Å². The van der Waals surface area contributed by atoms with E-state index in [-0.39, 0.29) is 5.04 Å². The van der Waals surface area contributed by atoms with Crippen LogP contribution in [-0.4, -0.2) is 14.9 Å². The fraction of sp³-hybridized carbons (Fsp3) is 0.172. The van der Waals surface area contributed by atoms with Crippen LogP contribution in [0.25, 0.3) is 0 Å². The van der Waals surface area contributed by atoms with Gasteiger partial charge in [-0.25, -0.2) is 0 Å². The van der Waals surface area contributed by atoms with Crippen LogP contribution in [0.2, 0.25) is 5.04 Å². The van der Waals surface area contributed by atoms with Gasteiger partial charge in [0, 0.05) is 5.56 Å². The summed E-state index contributed by atoms with van der Waals surface area (Å²) in [6, 6.07) is 30.9. The van der Waals surface area contributed by atoms with Gasteiger partial charge in [0.15, 0.2) is 0 Å². The van der Waals surface area contributed by atoms with Gasteiger partial charge < -0.3 is 4.43 Å². The Labute approximate surface area is 187 Å². The zero-order chi connectivity index (χ0) is 22.0. The zero-order valence-corrected chi connectivity index (χ0v) is 19.3. The summed E-state index contributed by atoms with van der Waals surface area (Å²) in [4.78, 5) is 0. The molecule has 0 saturated heterocycles. The van der Waals surface area contributed by atoms with E-state index in [1.54, 1.807) is 0 Å². The molecule has 0 saturated carbocycles. The van der Waals surface area contributed by atoms with Crippen molar-refractivity contribution in [1.82, 2.24) is 0 Å². The second kappa shape index (κ2) is 10.5. The fourth-order valence-electron chi connectivity index (χ4n) is 3.67. The molecule has 0 radical (unpaired) electrons. The summed E-state index contributed by atoms with van der Waals surface area (Å²) in [7, 11) is -2.55. The molecule has 3 aromatic rings. The number of benzene rings is 3. The van der Waals surface area contributed by atoms with Gasteiger partial charge in [0.1, 0.15) is 0 Å². The average Bonchev–Trinajstić information content (AvgIpc) is 2.79. The molecule has 0 fully saturated rings. The third-order valence-corrected chi connectivity index (χ3v) is 10.0. The maximum Gasteiger partial charge on any atom is 0.262 e. The van der Waals surface area contributed by atoms with Crippen molar-refractivity contribution in [3.63, 3.8) is 0 Å². The molecule has 0 aliphatic rings. The highest BCUT2D eigenvalue weighted by atomic mass is 28.4. The zero-order valence-electron chi connectivity index (χ0n) is 18.3. The highest BCUT2D eigenvalue weighted by Gasteiger charge is 2.49. The van der Waals surface area contributed by atoms with E-state index in [0.717, 1.165) is 5.56 Å². The summed E-state index contributed by atoms with van der Waals surface area (Å²) in [5.74, 6) is 17.4. The fourth-order valence-corrected chi connectivity index (χ4v) is 8.12. The lowest BCUT2D eigenvalue weighted by atomic mass is 10.2. The van der Waals surface area contributed by atoms with Gasteiger partial charge in [-0.3, -0.25) is 0 Å². The lowest BCUT2D eigenvalue weighted by Gasteiger charge is -2.42. The van der Waals surface area contributed by atoms with Crippen LogP contribution in [-0.2, 0) is 4.43 Å². The van der Waals surface area contributed by atoms with Crippen LogP contribution >= 0.6 is 0 Å². The summed E-state index contributed by atoms with van der Waals surface area (Å²) >= 11 is 0. The van der Waals surface area contributed by atoms with E-state index in [9.17, 15) is 0 Å². The molecule has 0 aliphatic carbocycles. The molecule has 0 amide bonds. The van der Waals surface area contributed by atoms with Crippen molar-refractivity contribution in [3.8, 4) is 35.5 Å². The van der Waals surface area contributed by atoms with Crippen LogP contribution in [0.1, 0.15) is 26.3 Å². The second-order valence-electron chi connectivity index (χ2n) is 8.12. The van der Waals surface area contributed by atoms with E-state index in [1.807, 2.05) is 42.5 Å². The summed E-state index contributed by atoms with van der Waals surface area (Å²) in [5, 5.41) is 2.43. The molecule has 0 N–H and O–H groups in total. The second-order valence-corrected chi connectivity index (χ2v) is 12.4. The third kappa shape index (κ3) is 5.57. The first-order chi connectivity index (χ1) is 15.0. The minimum absolute atomic E-state index is 0.0653. The maximum absolute atomic E-state index is 6.70. The largest absolute Gasteiger partial charge is 0.396 e. The first kappa shape index (κ1) is 22.2. The molecule has 31 heavy (non-hydrogen) atoms. The van der Waals surface area contributed by atoms with Crippen molar-refractivity contribution in [3.05, 3.63) is 96.6 Å². The van der Waals surface area contributed by atoms with Gasteiger partial charge in [0.25, 0.3) is 8.32 Å². The first-order valence-electron chi connectivity index (χ1n) is 10.3. The average molecular weight is 419 g/mol. The molecule has 0 aromatic heterocycles. The summed E-state index contributed by atoms with van der Waals surface area (Å²) in [6.45, 7) is 7.09. The van der Waals surface area contributed by atoms with Crippen LogP contribution in [0.4, 0.5) is 0 Å². The van der Waals surface area contributed by atoms with Crippen LogP contribution in [0.15, 0.2) is 91.0 Å². The van der Waals surface area contributed by atoms with Crippen LogP contribution < -0.4 is 10.4 Å². The number of hydrogen-bond donors (Lipinski definition) is 0. The molecular weight excluding hydrogens is 392 g/mol. The molecule has 0 unspecified atom stereocenters. The van der Waals surface area contributed by atoms with Crippen LogP contribution in [0.3, 0.4) is 0 Å². The molecule has 1 nitrogen and oxygen atoms in total. The van der Waals surface area contributed by atoms with Crippen molar-refractivity contribution in [2.45, 2.75) is 25.8 Å². The lowest BCUT2D eigenvalue weighted by molar-refractivity contribution is 0.346. The summed E-state index contributed by atoms with van der Waals surface area (Å²) < 4.78 is 6.70. The number of hydrogen-bond acceptors (Lipinski definition) is 1. The minimum atomic E-state index is -2.55. The monoisotopic (exact) mass is 418 g/mol. The van der Waals surface area contributed by atoms with Gasteiger partial charge in [-0.15, -0.1) is 0 Å². The Bertz CT molecular complexity index is 1120. The molecule has 3 rings (SSSR count). The molecule has 0 spiro atoms. The maximum atomic E-state index is 6.70. The van der Waals surface area contributed by atoms with Crippen LogP contribution in [0, 0.1) is 35.5 Å². The first-order valence-corrected chi connectivity index (χ1v) is 12.2. The smallest absolute Gasteiger partial charge is 0.262 e. The van der Waals surface area contributed by atoms with Gasteiger partial charge >= 0.3 is 0 Å². The Balaban J connectivity index is 1.83. The van der Waals surface area contributed by atoms with Crippen LogP contribution in [0.5, 0.6) is 0 Å². The van der Waals surface area contributed by atoms with E-state index in [0.29, 0.717) is 6.61 Å². The van der Waals surface area contributed by atoms with Crippen molar-refractivity contribution >= 4 is 18.7 Å². The number of rotatable bonds is 4. The summed E-state index contributed by atoms with van der Waals surface area (Å²) in [5.41, 5.74) is 0.944. The van der Waals surface area contributed by atoms with Crippen molar-refractivity contribution in [2.24, 2.45) is 0 Å². The molecule has 0 heterocycles. The SMILES string of the molecule is CC(C)(C)[Si](OCC#CC#CC#Cc1ccccc1)(c1ccccc1)c1ccccc1. The summed E-state index contributed by atoms with van der Waals surface area (Å²) in [6.07, 6.45) is 0. The topological polar surface area (TPSA) is 9.23 Å². The normalized spacial score (nSPS) is 10.5. The molecule has 0 atom stereocenters. The predicted molar refractivity (Wildman–Crippen MR) is 132 cm³/mol. The minimum Gasteiger partial charge on any atom is -0.396 e. The molecular formula is C29H26OSi. The predicted octanol–water partition coefficient (Wildman–Crippen LogP) is 4.62. The van der Waals surface area contributed by atoms with Gasteiger partial charge in [-0.1, -0.05) is 111 Å². The van der Waals surface area contributed by atoms with E-state index in [1.165, 1.54) is 10.4 Å².